The third-order valence-electron chi connectivity index (χ3n) is 11.7. The molecule has 0 aromatic heterocycles. The number of unbranched alkanes of at least 4 members (excludes halogenated alkanes) is 20. The Labute approximate surface area is 373 Å². The highest BCUT2D eigenvalue weighted by molar-refractivity contribution is 5.69. The van der Waals surface area contributed by atoms with E-state index in [0.29, 0.717) is 13.0 Å². The summed E-state index contributed by atoms with van der Waals surface area (Å²) >= 11 is 0. The van der Waals surface area contributed by atoms with Crippen LogP contribution in [0.4, 0.5) is 0 Å². The molecule has 2 aliphatic heterocycles. The second-order valence-electron chi connectivity index (χ2n) is 17.3. The van der Waals surface area contributed by atoms with Crippen molar-refractivity contribution in [2.24, 2.45) is 0 Å². The van der Waals surface area contributed by atoms with E-state index in [1.54, 1.807) is 0 Å². The number of hydrogen-bond donors (Lipinski definition) is 7. The summed E-state index contributed by atoms with van der Waals surface area (Å²) in [7, 11) is 0. The quantitative estimate of drug-likeness (QED) is 0.0202. The van der Waals surface area contributed by atoms with Gasteiger partial charge in [0.05, 0.1) is 26.4 Å². The molecule has 0 saturated carbocycles. The van der Waals surface area contributed by atoms with Crippen molar-refractivity contribution in [2.45, 2.75) is 242 Å². The monoisotopic (exact) mass is 889 g/mol. The molecule has 14 heteroatoms. The van der Waals surface area contributed by atoms with Gasteiger partial charge in [0.2, 0.25) is 0 Å². The average molecular weight is 889 g/mol. The van der Waals surface area contributed by atoms with E-state index in [1.807, 2.05) is 0 Å². The molecule has 0 amide bonds. The summed E-state index contributed by atoms with van der Waals surface area (Å²) in [6.07, 6.45) is 21.0. The summed E-state index contributed by atoms with van der Waals surface area (Å²) in [6, 6.07) is 0. The summed E-state index contributed by atoms with van der Waals surface area (Å²) in [5, 5.41) is 72.0. The van der Waals surface area contributed by atoms with E-state index in [2.05, 4.69) is 38.2 Å². The Bertz CT molecular complexity index is 1120. The van der Waals surface area contributed by atoms with Crippen molar-refractivity contribution < 1.29 is 69.0 Å². The van der Waals surface area contributed by atoms with Gasteiger partial charge in [-0.25, -0.2) is 0 Å². The van der Waals surface area contributed by atoms with Crippen molar-refractivity contribution in [1.29, 1.82) is 0 Å². The predicted molar refractivity (Wildman–Crippen MR) is 238 cm³/mol. The van der Waals surface area contributed by atoms with Crippen molar-refractivity contribution in [1.82, 2.24) is 0 Å². The fraction of sp³-hybridized carbons (Fsp3) is 0.896. The van der Waals surface area contributed by atoms with Gasteiger partial charge >= 0.3 is 5.97 Å². The first kappa shape index (κ1) is 56.6. The number of carbonyl (C=O) groups is 1. The van der Waals surface area contributed by atoms with Crippen LogP contribution in [0.15, 0.2) is 24.3 Å². The minimum atomic E-state index is -1.71. The molecule has 2 saturated heterocycles. The molecule has 14 nitrogen and oxygen atoms in total. The van der Waals surface area contributed by atoms with Gasteiger partial charge < -0.3 is 64.2 Å². The summed E-state index contributed by atoms with van der Waals surface area (Å²) in [5.41, 5.74) is 0. The molecule has 2 rings (SSSR count). The Morgan fingerprint density at radius 2 is 0.968 bits per heavy atom. The zero-order valence-corrected chi connectivity index (χ0v) is 38.4. The molecule has 0 radical (unpaired) electrons. The van der Waals surface area contributed by atoms with Crippen molar-refractivity contribution in [2.75, 3.05) is 33.0 Å². The molecule has 0 spiro atoms. The fourth-order valence-corrected chi connectivity index (χ4v) is 7.61. The molecule has 11 atom stereocenters. The van der Waals surface area contributed by atoms with Crippen molar-refractivity contribution >= 4 is 5.97 Å². The van der Waals surface area contributed by atoms with Gasteiger partial charge in [-0.3, -0.25) is 4.79 Å². The van der Waals surface area contributed by atoms with E-state index in [1.165, 1.54) is 77.0 Å². The second-order valence-corrected chi connectivity index (χ2v) is 17.3. The van der Waals surface area contributed by atoms with Crippen LogP contribution in [-0.2, 0) is 33.2 Å². The van der Waals surface area contributed by atoms with Crippen molar-refractivity contribution in [3.05, 3.63) is 24.3 Å². The van der Waals surface area contributed by atoms with E-state index in [4.69, 9.17) is 28.4 Å². The Balaban J connectivity index is 1.79. The van der Waals surface area contributed by atoms with E-state index in [0.717, 1.165) is 70.6 Å². The van der Waals surface area contributed by atoms with E-state index in [9.17, 15) is 40.5 Å². The molecule has 7 N–H and O–H groups in total. The van der Waals surface area contributed by atoms with Gasteiger partial charge in [-0.1, -0.05) is 134 Å². The first-order valence-electron chi connectivity index (χ1n) is 24.4. The van der Waals surface area contributed by atoms with Crippen LogP contribution in [0.2, 0.25) is 0 Å². The molecule has 2 fully saturated rings. The Morgan fingerprint density at radius 3 is 1.52 bits per heavy atom. The average Bonchev–Trinajstić information content (AvgIpc) is 3.27. The lowest BCUT2D eigenvalue weighted by molar-refractivity contribution is -0.332. The second kappa shape index (κ2) is 36.7. The van der Waals surface area contributed by atoms with Gasteiger partial charge in [-0.05, 0) is 57.8 Å². The molecule has 2 aliphatic rings. The smallest absolute Gasteiger partial charge is 0.306 e. The minimum absolute atomic E-state index is 0.0558. The zero-order chi connectivity index (χ0) is 45.2. The van der Waals surface area contributed by atoms with Gasteiger partial charge in [0, 0.05) is 13.0 Å². The van der Waals surface area contributed by atoms with Gasteiger partial charge in [0.15, 0.2) is 12.6 Å². The third-order valence-corrected chi connectivity index (χ3v) is 11.7. The summed E-state index contributed by atoms with van der Waals surface area (Å²) in [6.45, 7) is 3.62. The minimum Gasteiger partial charge on any atom is -0.457 e. The lowest BCUT2D eigenvalue weighted by Gasteiger charge is -2.42. The Hall–Kier alpha value is -1.53. The van der Waals surface area contributed by atoms with Crippen LogP contribution in [0.3, 0.4) is 0 Å². The highest BCUT2D eigenvalue weighted by atomic mass is 16.7. The lowest BCUT2D eigenvalue weighted by Crippen LogP contribution is -2.61. The number of esters is 1. The SMILES string of the molecule is CCCC/C=C\CCCCCCCCOCC(COC1OC(COC2OC(CO)C(O)C(O)C2O)C(O)C(O)C1O)OC(=O)CCCCCCC/C=C\CCCCCCCCC. The van der Waals surface area contributed by atoms with Gasteiger partial charge in [0.25, 0.3) is 0 Å². The topological polar surface area (TPSA) is 214 Å². The normalized spacial score (nSPS) is 27.4. The first-order chi connectivity index (χ1) is 30.1. The number of allylic oxidation sites excluding steroid dienone is 4. The van der Waals surface area contributed by atoms with Crippen LogP contribution in [0, 0.1) is 0 Å². The number of carbonyl (C=O) groups excluding carboxylic acids is 1. The van der Waals surface area contributed by atoms with Crippen molar-refractivity contribution in [3.8, 4) is 0 Å². The molecule has 11 unspecified atom stereocenters. The molecule has 0 aliphatic carbocycles. The molecular formula is C48H88O14. The number of ether oxygens (including phenoxy) is 6. The number of rotatable bonds is 38. The molecule has 2 heterocycles. The highest BCUT2D eigenvalue weighted by Gasteiger charge is 2.47. The largest absolute Gasteiger partial charge is 0.457 e. The molecular weight excluding hydrogens is 801 g/mol. The van der Waals surface area contributed by atoms with E-state index < -0.39 is 80.7 Å². The van der Waals surface area contributed by atoms with Gasteiger partial charge in [-0.15, -0.1) is 0 Å². The molecule has 62 heavy (non-hydrogen) atoms. The predicted octanol–water partition coefficient (Wildman–Crippen LogP) is 6.46. The van der Waals surface area contributed by atoms with Crippen LogP contribution >= 0.6 is 0 Å². The van der Waals surface area contributed by atoms with Crippen LogP contribution in [0.25, 0.3) is 0 Å². The maximum absolute atomic E-state index is 13.0. The summed E-state index contributed by atoms with van der Waals surface area (Å²) < 4.78 is 34.2. The first-order valence-corrected chi connectivity index (χ1v) is 24.4. The lowest BCUT2D eigenvalue weighted by atomic mass is 9.98. The standard InChI is InChI=1S/C48H88O14/c1-3-5-7-9-11-13-15-17-18-19-20-21-23-25-27-29-31-40(50)60-37(34-57-32-30-28-26-24-22-16-14-12-10-8-6-4-2)35-58-47-46(56)44(54)42(52)39(62-47)36-59-48-45(55)43(53)41(51)38(33-49)61-48/h10,12,18-19,37-39,41-49,51-56H,3-9,11,13-17,20-36H2,1-2H3/b12-10-,19-18-. The molecule has 364 valence electrons. The van der Waals surface area contributed by atoms with Crippen LogP contribution < -0.4 is 0 Å². The van der Waals surface area contributed by atoms with Gasteiger partial charge in [0.1, 0.15) is 54.9 Å². The zero-order valence-electron chi connectivity index (χ0n) is 38.4. The summed E-state index contributed by atoms with van der Waals surface area (Å²) in [4.78, 5) is 13.0. The molecule has 0 bridgehead atoms. The van der Waals surface area contributed by atoms with Crippen LogP contribution in [-0.4, -0.2) is 142 Å². The molecule has 0 aromatic rings. The number of aliphatic hydroxyl groups is 7. The fourth-order valence-electron chi connectivity index (χ4n) is 7.61. The van der Waals surface area contributed by atoms with Crippen molar-refractivity contribution in [3.63, 3.8) is 0 Å². The van der Waals surface area contributed by atoms with Crippen LogP contribution in [0.1, 0.15) is 174 Å². The maximum Gasteiger partial charge on any atom is 0.306 e. The Morgan fingerprint density at radius 1 is 0.516 bits per heavy atom. The molecule has 0 aromatic carbocycles. The third kappa shape index (κ3) is 24.7. The number of aliphatic hydroxyl groups excluding tert-OH is 7. The maximum atomic E-state index is 13.0. The number of hydrogen-bond acceptors (Lipinski definition) is 14. The highest BCUT2D eigenvalue weighted by Crippen LogP contribution is 2.26. The van der Waals surface area contributed by atoms with E-state index in [-0.39, 0.29) is 25.6 Å². The van der Waals surface area contributed by atoms with Gasteiger partial charge in [-0.2, -0.15) is 0 Å². The van der Waals surface area contributed by atoms with Crippen LogP contribution in [0.5, 0.6) is 0 Å². The van der Waals surface area contributed by atoms with E-state index >= 15 is 0 Å². The summed E-state index contributed by atoms with van der Waals surface area (Å²) in [5.74, 6) is -0.387. The Kier molecular flexibility index (Phi) is 33.5.